The Kier molecular flexibility index (Phi) is 4.54. The van der Waals surface area contributed by atoms with Gasteiger partial charge in [0.1, 0.15) is 5.75 Å². The van der Waals surface area contributed by atoms with Gasteiger partial charge in [-0.25, -0.2) is 0 Å². The molecule has 0 amide bonds. The molecule has 1 atom stereocenters. The number of rotatable bonds is 6. The van der Waals surface area contributed by atoms with Gasteiger partial charge in [-0.05, 0) is 18.9 Å². The summed E-state index contributed by atoms with van der Waals surface area (Å²) >= 11 is 0. The largest absolute Gasteiger partial charge is 0.481 e. The van der Waals surface area contributed by atoms with Crippen molar-refractivity contribution in [1.29, 1.82) is 0 Å². The van der Waals surface area contributed by atoms with Gasteiger partial charge in [-0.1, -0.05) is 18.2 Å². The highest BCUT2D eigenvalue weighted by Gasteiger charge is 2.33. The molecule has 1 heterocycles. The lowest BCUT2D eigenvalue weighted by Gasteiger charge is -2.43. The zero-order valence-corrected chi connectivity index (χ0v) is 11.1. The van der Waals surface area contributed by atoms with Gasteiger partial charge >= 0.3 is 12.6 Å². The van der Waals surface area contributed by atoms with Crippen molar-refractivity contribution in [3.63, 3.8) is 0 Å². The number of para-hydroxylation sites is 1. The van der Waals surface area contributed by atoms with E-state index in [9.17, 15) is 13.6 Å². The molecule has 1 aromatic carbocycles. The molecule has 2 rings (SSSR count). The first-order chi connectivity index (χ1) is 9.47. The number of carboxylic acids is 1. The molecule has 0 aliphatic carbocycles. The number of hydrogen-bond acceptors (Lipinski definition) is 3. The predicted octanol–water partition coefficient (Wildman–Crippen LogP) is 2.76. The van der Waals surface area contributed by atoms with Crippen molar-refractivity contribution in [3.05, 3.63) is 29.8 Å². The van der Waals surface area contributed by atoms with Crippen LogP contribution in [0, 0.1) is 5.92 Å². The minimum atomic E-state index is -2.85. The zero-order valence-electron chi connectivity index (χ0n) is 11.1. The highest BCUT2D eigenvalue weighted by atomic mass is 19.3. The minimum absolute atomic E-state index is 0.0741. The normalized spacial score (nSPS) is 17.8. The first kappa shape index (κ1) is 14.7. The predicted molar refractivity (Wildman–Crippen MR) is 68.8 cm³/mol. The van der Waals surface area contributed by atoms with E-state index in [4.69, 9.17) is 5.11 Å². The number of alkyl halides is 2. The summed E-state index contributed by atoms with van der Waals surface area (Å²) in [4.78, 5) is 12.7. The van der Waals surface area contributed by atoms with Crippen molar-refractivity contribution < 1.29 is 23.4 Å². The minimum Gasteiger partial charge on any atom is -0.481 e. The number of halogens is 2. The number of carboxylic acid groups (broad SMARTS) is 1. The van der Waals surface area contributed by atoms with Crippen LogP contribution >= 0.6 is 0 Å². The maximum absolute atomic E-state index is 12.4. The topological polar surface area (TPSA) is 49.8 Å². The second kappa shape index (κ2) is 6.17. The van der Waals surface area contributed by atoms with Gasteiger partial charge in [-0.2, -0.15) is 8.78 Å². The highest BCUT2D eigenvalue weighted by molar-refractivity contribution is 5.67. The summed E-state index contributed by atoms with van der Waals surface area (Å²) in [6.07, 6.45) is 0.151. The molecule has 0 spiro atoms. The van der Waals surface area contributed by atoms with E-state index in [-0.39, 0.29) is 24.1 Å². The number of carbonyl (C=O) groups is 1. The van der Waals surface area contributed by atoms with E-state index in [0.29, 0.717) is 18.7 Å². The summed E-state index contributed by atoms with van der Waals surface area (Å²) in [5.41, 5.74) is 0.696. The number of benzene rings is 1. The van der Waals surface area contributed by atoms with Crippen LogP contribution in [-0.2, 0) is 4.79 Å². The van der Waals surface area contributed by atoms with Gasteiger partial charge in [0, 0.05) is 24.7 Å². The van der Waals surface area contributed by atoms with E-state index < -0.39 is 12.6 Å². The molecular weight excluding hydrogens is 268 g/mol. The molecule has 1 fully saturated rings. The van der Waals surface area contributed by atoms with E-state index in [1.54, 1.807) is 18.2 Å². The summed E-state index contributed by atoms with van der Waals surface area (Å²) in [6, 6.07) is 6.63. The fraction of sp³-hybridized carbons (Fsp3) is 0.500. The molecule has 1 saturated heterocycles. The third kappa shape index (κ3) is 3.45. The van der Waals surface area contributed by atoms with Gasteiger partial charge in [0.2, 0.25) is 0 Å². The Morgan fingerprint density at radius 3 is 2.70 bits per heavy atom. The molecule has 0 bridgehead atoms. The van der Waals surface area contributed by atoms with Crippen molar-refractivity contribution in [3.8, 4) is 5.75 Å². The maximum atomic E-state index is 12.4. The molecule has 1 N–H and O–H groups in total. The fourth-order valence-electron chi connectivity index (χ4n) is 2.53. The Labute approximate surface area is 116 Å². The number of nitrogens with zero attached hydrogens (tertiary/aromatic N) is 1. The van der Waals surface area contributed by atoms with Crippen LogP contribution in [0.25, 0.3) is 0 Å². The Morgan fingerprint density at radius 2 is 2.10 bits per heavy atom. The molecule has 110 valence electrons. The molecular formula is C14H17F2NO3. The second-order valence-electron chi connectivity index (χ2n) is 5.01. The SMILES string of the molecule is CC(c1ccccc1OC(F)F)N1CC(CC(=O)O)C1. The van der Waals surface area contributed by atoms with Crippen LogP contribution in [0.2, 0.25) is 0 Å². The molecule has 0 saturated carbocycles. The fourth-order valence-corrected chi connectivity index (χ4v) is 2.53. The van der Waals surface area contributed by atoms with Crippen molar-refractivity contribution in [2.75, 3.05) is 13.1 Å². The van der Waals surface area contributed by atoms with E-state index in [1.165, 1.54) is 6.07 Å². The van der Waals surface area contributed by atoms with Crippen molar-refractivity contribution in [1.82, 2.24) is 4.90 Å². The molecule has 0 radical (unpaired) electrons. The quantitative estimate of drug-likeness (QED) is 0.873. The maximum Gasteiger partial charge on any atom is 0.387 e. The summed E-state index contributed by atoms with van der Waals surface area (Å²) in [7, 11) is 0. The first-order valence-corrected chi connectivity index (χ1v) is 6.47. The van der Waals surface area contributed by atoms with Gasteiger partial charge in [-0.15, -0.1) is 0 Å². The zero-order chi connectivity index (χ0) is 14.7. The Balaban J connectivity index is 2.00. The smallest absolute Gasteiger partial charge is 0.387 e. The van der Waals surface area contributed by atoms with Gasteiger partial charge in [-0.3, -0.25) is 9.69 Å². The van der Waals surface area contributed by atoms with Gasteiger partial charge in [0.15, 0.2) is 0 Å². The molecule has 20 heavy (non-hydrogen) atoms. The molecule has 1 unspecified atom stereocenters. The van der Waals surface area contributed by atoms with E-state index in [0.717, 1.165) is 0 Å². The van der Waals surface area contributed by atoms with Crippen LogP contribution in [-0.4, -0.2) is 35.7 Å². The third-order valence-electron chi connectivity index (χ3n) is 3.58. The molecule has 1 aliphatic heterocycles. The monoisotopic (exact) mass is 285 g/mol. The van der Waals surface area contributed by atoms with Crippen LogP contribution in [0.4, 0.5) is 8.78 Å². The van der Waals surface area contributed by atoms with Gasteiger partial charge < -0.3 is 9.84 Å². The lowest BCUT2D eigenvalue weighted by Crippen LogP contribution is -2.48. The lowest BCUT2D eigenvalue weighted by atomic mass is 9.92. The Morgan fingerprint density at radius 1 is 1.45 bits per heavy atom. The molecule has 0 aromatic heterocycles. The summed E-state index contributed by atoms with van der Waals surface area (Å²) in [5, 5.41) is 8.71. The Hall–Kier alpha value is -1.69. The van der Waals surface area contributed by atoms with E-state index >= 15 is 0 Å². The van der Waals surface area contributed by atoms with Crippen LogP contribution in [0.15, 0.2) is 24.3 Å². The Bertz CT molecular complexity index is 475. The lowest BCUT2D eigenvalue weighted by molar-refractivity contribution is -0.139. The van der Waals surface area contributed by atoms with E-state index in [2.05, 4.69) is 9.64 Å². The first-order valence-electron chi connectivity index (χ1n) is 6.47. The van der Waals surface area contributed by atoms with Crippen molar-refractivity contribution >= 4 is 5.97 Å². The average molecular weight is 285 g/mol. The van der Waals surface area contributed by atoms with Crippen molar-refractivity contribution in [2.24, 2.45) is 5.92 Å². The molecule has 1 aromatic rings. The second-order valence-corrected chi connectivity index (χ2v) is 5.01. The molecule has 4 nitrogen and oxygen atoms in total. The van der Waals surface area contributed by atoms with Crippen LogP contribution in [0.3, 0.4) is 0 Å². The number of hydrogen-bond donors (Lipinski definition) is 1. The summed E-state index contributed by atoms with van der Waals surface area (Å²) < 4.78 is 29.3. The van der Waals surface area contributed by atoms with E-state index in [1.807, 2.05) is 6.92 Å². The van der Waals surface area contributed by atoms with Crippen LogP contribution in [0.5, 0.6) is 5.75 Å². The van der Waals surface area contributed by atoms with Crippen LogP contribution < -0.4 is 4.74 Å². The van der Waals surface area contributed by atoms with Gasteiger partial charge in [0.05, 0.1) is 6.42 Å². The number of aliphatic carboxylic acids is 1. The van der Waals surface area contributed by atoms with Crippen molar-refractivity contribution in [2.45, 2.75) is 26.0 Å². The summed E-state index contributed by atoms with van der Waals surface area (Å²) in [6.45, 7) is 0.386. The highest BCUT2D eigenvalue weighted by Crippen LogP contribution is 2.34. The standard InChI is InChI=1S/C14H17F2NO3/c1-9(17-7-10(8-17)6-13(18)19)11-4-2-3-5-12(11)20-14(15)16/h2-5,9-10,14H,6-8H2,1H3,(H,18,19). The average Bonchev–Trinajstić information content (AvgIpc) is 2.32. The summed E-state index contributed by atoms with van der Waals surface area (Å²) in [5.74, 6) is -0.487. The third-order valence-corrected chi connectivity index (χ3v) is 3.58. The molecule has 6 heteroatoms. The van der Waals surface area contributed by atoms with Crippen LogP contribution in [0.1, 0.15) is 24.9 Å². The van der Waals surface area contributed by atoms with Gasteiger partial charge in [0.25, 0.3) is 0 Å². The number of likely N-dealkylation sites (tertiary alicyclic amines) is 1. The molecule has 1 aliphatic rings. The number of ether oxygens (including phenoxy) is 1.